The molecule has 1 amide bonds. The minimum atomic E-state index is -0.596. The summed E-state index contributed by atoms with van der Waals surface area (Å²) in [5, 5.41) is 12.9. The fourth-order valence-electron chi connectivity index (χ4n) is 3.26. The Morgan fingerprint density at radius 1 is 1.11 bits per heavy atom. The molecule has 0 aliphatic heterocycles. The van der Waals surface area contributed by atoms with E-state index < -0.39 is 6.10 Å². The van der Waals surface area contributed by atoms with Gasteiger partial charge in [0.1, 0.15) is 12.4 Å². The molecule has 0 radical (unpaired) electrons. The Morgan fingerprint density at radius 3 is 2.56 bits per heavy atom. The van der Waals surface area contributed by atoms with Gasteiger partial charge in [-0.05, 0) is 30.9 Å². The number of benzene rings is 2. The van der Waals surface area contributed by atoms with E-state index in [1.165, 1.54) is 0 Å². The normalized spacial score (nSPS) is 21.8. The number of hydrogen-bond acceptors (Lipinski definition) is 4. The number of carbonyl (C=O) groups excluding carboxylic acids is 1. The largest absolute Gasteiger partial charge is 0.489 e. The van der Waals surface area contributed by atoms with Crippen LogP contribution in [-0.2, 0) is 17.9 Å². The van der Waals surface area contributed by atoms with Crippen molar-refractivity contribution in [3.63, 3.8) is 0 Å². The topological polar surface area (TPSA) is 84.6 Å². The number of rotatable bonds is 6. The molecular weight excluding hydrogens is 364 g/mol. The fraction of sp³-hybridized carbons (Fsp3) is 0.381. The summed E-state index contributed by atoms with van der Waals surface area (Å²) in [5.74, 6) is 0.554. The molecule has 1 aliphatic carbocycles. The summed E-state index contributed by atoms with van der Waals surface area (Å²) in [5.41, 5.74) is 7.84. The van der Waals surface area contributed by atoms with Crippen molar-refractivity contribution in [2.75, 3.05) is 0 Å². The molecule has 2 aromatic carbocycles. The number of ether oxygens (including phenoxy) is 1. The first-order valence-corrected chi connectivity index (χ1v) is 9.09. The van der Waals surface area contributed by atoms with Crippen molar-refractivity contribution in [3.8, 4) is 5.75 Å². The van der Waals surface area contributed by atoms with Crippen molar-refractivity contribution < 1.29 is 14.6 Å². The minimum absolute atomic E-state index is 0. The monoisotopic (exact) mass is 390 g/mol. The third-order valence-electron chi connectivity index (χ3n) is 4.90. The van der Waals surface area contributed by atoms with Gasteiger partial charge in [0.25, 0.3) is 0 Å². The second kappa shape index (κ2) is 10.3. The molecule has 3 rings (SSSR count). The number of nitrogens with two attached hydrogens (primary N) is 1. The van der Waals surface area contributed by atoms with Gasteiger partial charge in [0.05, 0.1) is 6.10 Å². The van der Waals surface area contributed by atoms with Crippen molar-refractivity contribution in [2.24, 2.45) is 11.7 Å². The van der Waals surface area contributed by atoms with Crippen molar-refractivity contribution in [1.29, 1.82) is 0 Å². The zero-order chi connectivity index (χ0) is 18.4. The molecule has 0 bridgehead atoms. The van der Waals surface area contributed by atoms with Crippen LogP contribution >= 0.6 is 12.4 Å². The van der Waals surface area contributed by atoms with Gasteiger partial charge in [0.2, 0.25) is 5.91 Å². The molecule has 6 heteroatoms. The lowest BCUT2D eigenvalue weighted by Crippen LogP contribution is -2.44. The van der Waals surface area contributed by atoms with E-state index in [4.69, 9.17) is 10.5 Å². The predicted molar refractivity (Wildman–Crippen MR) is 108 cm³/mol. The summed E-state index contributed by atoms with van der Waals surface area (Å²) in [7, 11) is 0. The van der Waals surface area contributed by atoms with Crippen molar-refractivity contribution in [2.45, 2.75) is 44.6 Å². The lowest BCUT2D eigenvalue weighted by molar-refractivity contribution is -0.127. The second-order valence-electron chi connectivity index (χ2n) is 6.84. The quantitative estimate of drug-likeness (QED) is 0.708. The van der Waals surface area contributed by atoms with Crippen molar-refractivity contribution in [3.05, 3.63) is 65.7 Å². The molecule has 5 nitrogen and oxygen atoms in total. The Bertz CT molecular complexity index is 726. The highest BCUT2D eigenvalue weighted by Gasteiger charge is 2.30. The van der Waals surface area contributed by atoms with Crippen LogP contribution in [0.25, 0.3) is 0 Å². The van der Waals surface area contributed by atoms with Crippen LogP contribution < -0.4 is 15.8 Å². The van der Waals surface area contributed by atoms with E-state index >= 15 is 0 Å². The first-order valence-electron chi connectivity index (χ1n) is 9.09. The molecule has 0 aromatic heterocycles. The van der Waals surface area contributed by atoms with Gasteiger partial charge in [0.15, 0.2) is 0 Å². The third kappa shape index (κ3) is 5.96. The molecule has 0 saturated heterocycles. The number of carbonyl (C=O) groups is 1. The number of aliphatic hydroxyl groups is 1. The van der Waals surface area contributed by atoms with E-state index in [-0.39, 0.29) is 30.3 Å². The highest BCUT2D eigenvalue weighted by Crippen LogP contribution is 2.24. The zero-order valence-electron chi connectivity index (χ0n) is 15.2. The Balaban J connectivity index is 0.00000261. The maximum atomic E-state index is 12.4. The average molecular weight is 391 g/mol. The number of para-hydroxylation sites is 1. The van der Waals surface area contributed by atoms with E-state index in [0.29, 0.717) is 26.0 Å². The average Bonchev–Trinajstić information content (AvgIpc) is 2.68. The number of hydrogen-bond donors (Lipinski definition) is 3. The van der Waals surface area contributed by atoms with Gasteiger partial charge in [0, 0.05) is 24.1 Å². The number of amides is 1. The summed E-state index contributed by atoms with van der Waals surface area (Å²) in [6, 6.07) is 17.5. The molecule has 1 saturated carbocycles. The summed E-state index contributed by atoms with van der Waals surface area (Å²) in [6.07, 6.45) is 1.23. The SMILES string of the molecule is Cl.N[C@H]1CC[C@H](C(=O)NCc2ccccc2OCc2ccccc2)C[C@@H]1O. The first-order chi connectivity index (χ1) is 12.6. The molecule has 0 unspecified atom stereocenters. The summed E-state index contributed by atoms with van der Waals surface area (Å²) in [4.78, 5) is 12.4. The van der Waals surface area contributed by atoms with Crippen LogP contribution in [0.1, 0.15) is 30.4 Å². The predicted octanol–water partition coefficient (Wildman–Crippen LogP) is 2.79. The molecule has 0 spiro atoms. The molecule has 1 fully saturated rings. The zero-order valence-corrected chi connectivity index (χ0v) is 16.0. The molecule has 3 atom stereocenters. The smallest absolute Gasteiger partial charge is 0.223 e. The summed E-state index contributed by atoms with van der Waals surface area (Å²) < 4.78 is 5.92. The van der Waals surface area contributed by atoms with Gasteiger partial charge < -0.3 is 20.9 Å². The second-order valence-corrected chi connectivity index (χ2v) is 6.84. The van der Waals surface area contributed by atoms with E-state index in [9.17, 15) is 9.90 Å². The van der Waals surface area contributed by atoms with E-state index in [1.807, 2.05) is 54.6 Å². The molecule has 4 N–H and O–H groups in total. The van der Waals surface area contributed by atoms with Gasteiger partial charge >= 0.3 is 0 Å². The Morgan fingerprint density at radius 2 is 1.81 bits per heavy atom. The maximum absolute atomic E-state index is 12.4. The lowest BCUT2D eigenvalue weighted by atomic mass is 9.84. The van der Waals surface area contributed by atoms with Crippen molar-refractivity contribution >= 4 is 18.3 Å². The van der Waals surface area contributed by atoms with Crippen LogP contribution in [0.15, 0.2) is 54.6 Å². The van der Waals surface area contributed by atoms with Crippen LogP contribution in [0.4, 0.5) is 0 Å². The van der Waals surface area contributed by atoms with Crippen LogP contribution in [0.3, 0.4) is 0 Å². The van der Waals surface area contributed by atoms with Gasteiger partial charge in [-0.15, -0.1) is 12.4 Å². The lowest BCUT2D eigenvalue weighted by Gasteiger charge is -2.30. The Labute approximate surface area is 166 Å². The van der Waals surface area contributed by atoms with E-state index in [2.05, 4.69) is 5.32 Å². The van der Waals surface area contributed by atoms with Crippen molar-refractivity contribution in [1.82, 2.24) is 5.32 Å². The molecule has 1 aliphatic rings. The highest BCUT2D eigenvalue weighted by molar-refractivity contribution is 5.85. The standard InChI is InChI=1S/C21H26N2O3.ClH/c22-18-11-10-16(12-19(18)24)21(25)23-13-17-8-4-5-9-20(17)26-14-15-6-2-1-3-7-15;/h1-9,16,18-19,24H,10-14,22H2,(H,23,25);1H/t16-,18-,19-;/m0./s1. The summed E-state index contributed by atoms with van der Waals surface area (Å²) >= 11 is 0. The van der Waals surface area contributed by atoms with Crippen LogP contribution in [-0.4, -0.2) is 23.2 Å². The molecular formula is C21H27ClN2O3. The first kappa shape index (κ1) is 21.2. The van der Waals surface area contributed by atoms with E-state index in [0.717, 1.165) is 23.3 Å². The van der Waals surface area contributed by atoms with Crippen LogP contribution in [0.5, 0.6) is 5.75 Å². The molecule has 0 heterocycles. The summed E-state index contributed by atoms with van der Waals surface area (Å²) in [6.45, 7) is 0.890. The Hall–Kier alpha value is -2.08. The molecule has 146 valence electrons. The van der Waals surface area contributed by atoms with Gasteiger partial charge in [-0.1, -0.05) is 48.5 Å². The number of aliphatic hydroxyl groups excluding tert-OH is 1. The maximum Gasteiger partial charge on any atom is 0.223 e. The van der Waals surface area contributed by atoms with Gasteiger partial charge in [-0.3, -0.25) is 4.79 Å². The number of halogens is 1. The molecule has 2 aromatic rings. The van der Waals surface area contributed by atoms with Crippen LogP contribution in [0.2, 0.25) is 0 Å². The number of nitrogens with one attached hydrogen (secondary N) is 1. The third-order valence-corrected chi connectivity index (χ3v) is 4.90. The van der Waals surface area contributed by atoms with E-state index in [1.54, 1.807) is 0 Å². The van der Waals surface area contributed by atoms with Gasteiger partial charge in [-0.25, -0.2) is 0 Å². The molecule has 27 heavy (non-hydrogen) atoms. The Kier molecular flexibility index (Phi) is 8.10. The minimum Gasteiger partial charge on any atom is -0.489 e. The van der Waals surface area contributed by atoms with Crippen LogP contribution in [0, 0.1) is 5.92 Å². The fourth-order valence-corrected chi connectivity index (χ4v) is 3.26. The highest BCUT2D eigenvalue weighted by atomic mass is 35.5. The van der Waals surface area contributed by atoms with Gasteiger partial charge in [-0.2, -0.15) is 0 Å².